The summed E-state index contributed by atoms with van der Waals surface area (Å²) >= 11 is 12.0. The number of hydrogen-bond donors (Lipinski definition) is 2. The van der Waals surface area contributed by atoms with Crippen LogP contribution in [0.5, 0.6) is 11.5 Å². The zero-order chi connectivity index (χ0) is 21.3. The molecule has 2 aromatic rings. The Morgan fingerprint density at radius 3 is 2.66 bits per heavy atom. The fourth-order valence-electron chi connectivity index (χ4n) is 3.10. The van der Waals surface area contributed by atoms with Gasteiger partial charge in [0, 0.05) is 24.1 Å². The van der Waals surface area contributed by atoms with E-state index in [0.717, 1.165) is 29.4 Å². The van der Waals surface area contributed by atoms with Crippen LogP contribution in [-0.2, 0) is 23.0 Å². The van der Waals surface area contributed by atoms with Gasteiger partial charge in [0.25, 0.3) is 5.91 Å². The van der Waals surface area contributed by atoms with Crippen molar-refractivity contribution in [1.29, 1.82) is 0 Å². The fourth-order valence-corrected chi connectivity index (χ4v) is 4.51. The van der Waals surface area contributed by atoms with E-state index in [4.69, 9.17) is 37.8 Å². The molecule has 156 valence electrons. The number of rotatable bonds is 6. The van der Waals surface area contributed by atoms with Crippen molar-refractivity contribution in [2.24, 2.45) is 5.14 Å². The minimum absolute atomic E-state index is 0.0102. The minimum atomic E-state index is -4.11. The highest BCUT2D eigenvalue weighted by Gasteiger charge is 2.23. The molecule has 1 aliphatic heterocycles. The molecule has 1 atom stereocenters. The van der Waals surface area contributed by atoms with Gasteiger partial charge in [-0.3, -0.25) is 4.79 Å². The Morgan fingerprint density at radius 2 is 2.00 bits per heavy atom. The molecular formula is C19H20Cl2N2O5S. The van der Waals surface area contributed by atoms with Gasteiger partial charge in [-0.1, -0.05) is 23.2 Å². The van der Waals surface area contributed by atoms with Gasteiger partial charge < -0.3 is 14.8 Å². The summed E-state index contributed by atoms with van der Waals surface area (Å²) < 4.78 is 34.8. The Balaban J connectivity index is 1.85. The number of amides is 1. The van der Waals surface area contributed by atoms with Gasteiger partial charge in [-0.05, 0) is 38.1 Å². The first-order valence-corrected chi connectivity index (χ1v) is 11.2. The molecule has 7 nitrogen and oxygen atoms in total. The number of sulfonamides is 1. The van der Waals surface area contributed by atoms with Crippen molar-refractivity contribution in [1.82, 2.24) is 5.32 Å². The van der Waals surface area contributed by atoms with E-state index < -0.39 is 15.9 Å². The van der Waals surface area contributed by atoms with E-state index in [1.807, 2.05) is 26.0 Å². The fraction of sp³-hybridized carbons (Fsp3) is 0.316. The highest BCUT2D eigenvalue weighted by molar-refractivity contribution is 7.89. The summed E-state index contributed by atoms with van der Waals surface area (Å²) in [5, 5.41) is 7.71. The van der Waals surface area contributed by atoms with Gasteiger partial charge in [-0.25, -0.2) is 13.6 Å². The maximum atomic E-state index is 12.6. The van der Waals surface area contributed by atoms with Crippen molar-refractivity contribution in [3.05, 3.63) is 51.0 Å². The second-order valence-electron chi connectivity index (χ2n) is 6.62. The smallest absolute Gasteiger partial charge is 0.253 e. The summed E-state index contributed by atoms with van der Waals surface area (Å²) in [5.74, 6) is 0.830. The first-order valence-electron chi connectivity index (χ1n) is 8.85. The molecule has 1 amide bonds. The lowest BCUT2D eigenvalue weighted by molar-refractivity contribution is 0.0950. The molecule has 0 saturated heterocycles. The zero-order valence-electron chi connectivity index (χ0n) is 15.8. The average Bonchev–Trinajstić information content (AvgIpc) is 2.97. The molecule has 0 spiro atoms. The second kappa shape index (κ2) is 8.39. The molecule has 1 heterocycles. The van der Waals surface area contributed by atoms with E-state index >= 15 is 0 Å². The standard InChI is InChI=1S/C19H20Cl2N2O5S/c1-3-27-16-5-11-4-10(2)28-17(11)6-12(16)9-23-19(24)13-7-18(29(22,25)26)15(21)8-14(13)20/h5-8,10H,3-4,9H2,1-2H3,(H,23,24)(H2,22,25,26)/t10-/m0/s1. The van der Waals surface area contributed by atoms with E-state index in [-0.39, 0.29) is 33.2 Å². The minimum Gasteiger partial charge on any atom is -0.494 e. The predicted molar refractivity (Wildman–Crippen MR) is 110 cm³/mol. The maximum absolute atomic E-state index is 12.6. The summed E-state index contributed by atoms with van der Waals surface area (Å²) in [6, 6.07) is 5.99. The van der Waals surface area contributed by atoms with Crippen LogP contribution >= 0.6 is 23.2 Å². The molecule has 1 aliphatic rings. The molecule has 0 aromatic heterocycles. The van der Waals surface area contributed by atoms with Gasteiger partial charge in [0.2, 0.25) is 10.0 Å². The molecule has 0 fully saturated rings. The van der Waals surface area contributed by atoms with Gasteiger partial charge in [-0.15, -0.1) is 0 Å². The predicted octanol–water partition coefficient (Wildman–Crippen LogP) is 3.29. The quantitative estimate of drug-likeness (QED) is 0.690. The number of benzene rings is 2. The summed E-state index contributed by atoms with van der Waals surface area (Å²) in [4.78, 5) is 12.3. The zero-order valence-corrected chi connectivity index (χ0v) is 18.1. The van der Waals surface area contributed by atoms with Crippen LogP contribution in [0.4, 0.5) is 0 Å². The van der Waals surface area contributed by atoms with Crippen LogP contribution in [0.2, 0.25) is 10.0 Å². The van der Waals surface area contributed by atoms with E-state index in [1.54, 1.807) is 0 Å². The number of primary sulfonamides is 1. The van der Waals surface area contributed by atoms with Gasteiger partial charge >= 0.3 is 0 Å². The Kier molecular flexibility index (Phi) is 6.28. The third kappa shape index (κ3) is 4.78. The van der Waals surface area contributed by atoms with Gasteiger partial charge in [0.05, 0.1) is 22.2 Å². The summed E-state index contributed by atoms with van der Waals surface area (Å²) in [7, 11) is -4.11. The van der Waals surface area contributed by atoms with Crippen LogP contribution in [0.3, 0.4) is 0 Å². The Hall–Kier alpha value is -2.00. The van der Waals surface area contributed by atoms with Crippen LogP contribution in [0, 0.1) is 0 Å². The largest absolute Gasteiger partial charge is 0.494 e. The van der Waals surface area contributed by atoms with E-state index in [0.29, 0.717) is 12.4 Å². The number of ether oxygens (including phenoxy) is 2. The lowest BCUT2D eigenvalue weighted by atomic mass is 10.1. The van der Waals surface area contributed by atoms with Crippen molar-refractivity contribution in [3.8, 4) is 11.5 Å². The van der Waals surface area contributed by atoms with E-state index in [1.165, 1.54) is 6.07 Å². The Morgan fingerprint density at radius 1 is 1.28 bits per heavy atom. The van der Waals surface area contributed by atoms with Crippen molar-refractivity contribution < 1.29 is 22.7 Å². The molecule has 0 bridgehead atoms. The van der Waals surface area contributed by atoms with Crippen molar-refractivity contribution >= 4 is 39.1 Å². The summed E-state index contributed by atoms with van der Waals surface area (Å²) in [5.41, 5.74) is 1.73. The number of fused-ring (bicyclic) bond motifs is 1. The first kappa shape index (κ1) is 21.7. The molecule has 0 unspecified atom stereocenters. The molecule has 3 rings (SSSR count). The third-order valence-electron chi connectivity index (χ3n) is 4.39. The molecule has 2 aromatic carbocycles. The molecule has 3 N–H and O–H groups in total. The average molecular weight is 459 g/mol. The summed E-state index contributed by atoms with van der Waals surface area (Å²) in [6.07, 6.45) is 0.868. The SMILES string of the molecule is CCOc1cc2c(cc1CNC(=O)c1cc(S(N)(=O)=O)c(Cl)cc1Cl)O[C@@H](C)C2. The molecule has 29 heavy (non-hydrogen) atoms. The highest BCUT2D eigenvalue weighted by atomic mass is 35.5. The second-order valence-corrected chi connectivity index (χ2v) is 8.97. The first-order chi connectivity index (χ1) is 13.6. The van der Waals surface area contributed by atoms with E-state index in [2.05, 4.69) is 5.32 Å². The molecule has 10 heteroatoms. The van der Waals surface area contributed by atoms with Crippen molar-refractivity contribution in [2.75, 3.05) is 6.61 Å². The monoisotopic (exact) mass is 458 g/mol. The number of hydrogen-bond acceptors (Lipinski definition) is 5. The number of nitrogens with two attached hydrogens (primary N) is 1. The number of carbonyl (C=O) groups is 1. The number of halogens is 2. The van der Waals surface area contributed by atoms with Crippen LogP contribution in [0.25, 0.3) is 0 Å². The van der Waals surface area contributed by atoms with Crippen LogP contribution in [-0.4, -0.2) is 27.0 Å². The molecule has 0 radical (unpaired) electrons. The van der Waals surface area contributed by atoms with Crippen molar-refractivity contribution in [3.63, 3.8) is 0 Å². The summed E-state index contributed by atoms with van der Waals surface area (Å²) in [6.45, 7) is 4.45. The van der Waals surface area contributed by atoms with Crippen LogP contribution < -0.4 is 19.9 Å². The van der Waals surface area contributed by atoms with Crippen LogP contribution in [0.1, 0.15) is 35.3 Å². The Bertz CT molecular complexity index is 1070. The normalized spacial score (nSPS) is 15.6. The molecular weight excluding hydrogens is 439 g/mol. The Labute approximate surface area is 179 Å². The van der Waals surface area contributed by atoms with Crippen LogP contribution in [0.15, 0.2) is 29.2 Å². The van der Waals surface area contributed by atoms with Gasteiger partial charge in [-0.2, -0.15) is 0 Å². The lowest BCUT2D eigenvalue weighted by Crippen LogP contribution is -2.24. The number of nitrogens with one attached hydrogen (secondary N) is 1. The molecule has 0 saturated carbocycles. The molecule has 0 aliphatic carbocycles. The number of carbonyl (C=O) groups excluding carboxylic acids is 1. The third-order valence-corrected chi connectivity index (χ3v) is 6.08. The maximum Gasteiger partial charge on any atom is 0.253 e. The highest BCUT2D eigenvalue weighted by Crippen LogP contribution is 2.35. The van der Waals surface area contributed by atoms with Gasteiger partial charge in [0.15, 0.2) is 0 Å². The van der Waals surface area contributed by atoms with Crippen molar-refractivity contribution in [2.45, 2.75) is 37.8 Å². The van der Waals surface area contributed by atoms with Gasteiger partial charge in [0.1, 0.15) is 22.5 Å². The topological polar surface area (TPSA) is 108 Å². The van der Waals surface area contributed by atoms with E-state index in [9.17, 15) is 13.2 Å². The lowest BCUT2D eigenvalue weighted by Gasteiger charge is -2.14.